The maximum Gasteiger partial charge on any atom is 0.299 e. The molecule has 0 radical (unpaired) electrons. The van der Waals surface area contributed by atoms with Crippen LogP contribution in [0.4, 0.5) is 5.69 Å². The van der Waals surface area contributed by atoms with Gasteiger partial charge in [-0.05, 0) is 18.2 Å². The van der Waals surface area contributed by atoms with Crippen molar-refractivity contribution in [3.8, 4) is 11.8 Å². The summed E-state index contributed by atoms with van der Waals surface area (Å²) in [6.07, 6.45) is 0.311. The Morgan fingerprint density at radius 3 is 2.79 bits per heavy atom. The van der Waals surface area contributed by atoms with E-state index in [1.165, 1.54) is 0 Å². The van der Waals surface area contributed by atoms with Crippen LogP contribution in [0.15, 0.2) is 18.2 Å². The van der Waals surface area contributed by atoms with Crippen molar-refractivity contribution < 1.29 is 13.5 Å². The van der Waals surface area contributed by atoms with Crippen LogP contribution in [0.1, 0.15) is 18.9 Å². The third-order valence-electron chi connectivity index (χ3n) is 2.02. The first-order chi connectivity index (χ1) is 8.98. The zero-order valence-corrected chi connectivity index (χ0v) is 12.0. The highest BCUT2D eigenvalue weighted by Crippen LogP contribution is 2.20. The van der Waals surface area contributed by atoms with Gasteiger partial charge in [0.05, 0.1) is 17.9 Å². The number of nitrogens with one attached hydrogen (secondary N) is 2. The van der Waals surface area contributed by atoms with Crippen molar-refractivity contribution in [1.29, 1.82) is 0 Å². The highest BCUT2D eigenvalue weighted by Gasteiger charge is 2.10. The first-order valence-electron chi connectivity index (χ1n) is 5.65. The molecule has 0 bridgehead atoms. The monoisotopic (exact) mass is 302 g/mol. The Hall–Kier alpha value is -1.26. The molecule has 1 aromatic carbocycles. The fourth-order valence-electron chi connectivity index (χ4n) is 1.29. The molecule has 0 fully saturated rings. The number of hydrogen-bond acceptors (Lipinski definition) is 3. The van der Waals surface area contributed by atoms with Gasteiger partial charge < -0.3 is 5.11 Å². The number of hydrogen-bond donors (Lipinski definition) is 3. The van der Waals surface area contributed by atoms with Crippen molar-refractivity contribution in [2.45, 2.75) is 13.3 Å². The Balaban J connectivity index is 3.04. The molecule has 0 aliphatic rings. The Morgan fingerprint density at radius 1 is 1.42 bits per heavy atom. The van der Waals surface area contributed by atoms with Gasteiger partial charge in [-0.2, -0.15) is 13.1 Å². The Bertz CT molecular complexity index is 591. The third kappa shape index (κ3) is 5.49. The van der Waals surface area contributed by atoms with Gasteiger partial charge in [-0.3, -0.25) is 4.72 Å². The second-order valence-corrected chi connectivity index (χ2v) is 5.50. The molecule has 5 nitrogen and oxygen atoms in total. The van der Waals surface area contributed by atoms with Gasteiger partial charge >= 0.3 is 0 Å². The van der Waals surface area contributed by atoms with Crippen molar-refractivity contribution in [2.24, 2.45) is 0 Å². The Labute approximate surface area is 118 Å². The van der Waals surface area contributed by atoms with Crippen LogP contribution in [0.25, 0.3) is 0 Å². The molecule has 1 aromatic rings. The van der Waals surface area contributed by atoms with E-state index in [-0.39, 0.29) is 13.2 Å². The molecule has 0 amide bonds. The van der Waals surface area contributed by atoms with Gasteiger partial charge in [0.2, 0.25) is 0 Å². The molecule has 0 aliphatic heterocycles. The van der Waals surface area contributed by atoms with E-state index in [9.17, 15) is 8.42 Å². The summed E-state index contributed by atoms with van der Waals surface area (Å²) in [7, 11) is -3.61. The summed E-state index contributed by atoms with van der Waals surface area (Å²) < 4.78 is 27.9. The van der Waals surface area contributed by atoms with Crippen LogP contribution >= 0.6 is 11.6 Å². The minimum Gasteiger partial charge on any atom is -0.395 e. The number of rotatable bonds is 5. The van der Waals surface area contributed by atoms with E-state index in [2.05, 4.69) is 21.3 Å². The largest absolute Gasteiger partial charge is 0.395 e. The fraction of sp³-hybridized carbons (Fsp3) is 0.333. The molecule has 0 saturated heterocycles. The highest BCUT2D eigenvalue weighted by molar-refractivity contribution is 7.90. The zero-order chi connectivity index (χ0) is 14.3. The predicted octanol–water partition coefficient (Wildman–Crippen LogP) is 1.34. The zero-order valence-electron chi connectivity index (χ0n) is 10.4. The van der Waals surface area contributed by atoms with Crippen LogP contribution in [-0.4, -0.2) is 26.7 Å². The summed E-state index contributed by atoms with van der Waals surface area (Å²) in [5.41, 5.74) is 0.804. The van der Waals surface area contributed by atoms with Gasteiger partial charge in [-0.25, -0.2) is 0 Å². The molecule has 0 atom stereocenters. The molecule has 1 rings (SSSR count). The van der Waals surface area contributed by atoms with Crippen LogP contribution in [0, 0.1) is 11.8 Å². The molecule has 0 saturated carbocycles. The molecular weight excluding hydrogens is 288 g/mol. The molecule has 0 unspecified atom stereocenters. The van der Waals surface area contributed by atoms with E-state index in [0.717, 1.165) is 0 Å². The van der Waals surface area contributed by atoms with Crippen molar-refractivity contribution in [1.82, 2.24) is 4.72 Å². The van der Waals surface area contributed by atoms with Gasteiger partial charge in [0.15, 0.2) is 0 Å². The number of halogens is 1. The van der Waals surface area contributed by atoms with Gasteiger partial charge in [0.1, 0.15) is 0 Å². The van der Waals surface area contributed by atoms with Gasteiger partial charge in [0, 0.05) is 18.0 Å². The van der Waals surface area contributed by atoms with Gasteiger partial charge in [0.25, 0.3) is 10.2 Å². The lowest BCUT2D eigenvalue weighted by molar-refractivity contribution is 0.305. The summed E-state index contributed by atoms with van der Waals surface area (Å²) >= 11 is 5.85. The first-order valence-corrected chi connectivity index (χ1v) is 7.51. The van der Waals surface area contributed by atoms with Crippen molar-refractivity contribution in [2.75, 3.05) is 17.9 Å². The summed E-state index contributed by atoms with van der Waals surface area (Å²) in [5.74, 6) is 5.49. The second-order valence-electron chi connectivity index (χ2n) is 3.57. The van der Waals surface area contributed by atoms with E-state index in [0.29, 0.717) is 22.7 Å². The number of benzene rings is 1. The molecule has 0 aromatic heterocycles. The quantitative estimate of drug-likeness (QED) is 0.718. The lowest BCUT2D eigenvalue weighted by atomic mass is 10.2. The third-order valence-corrected chi connectivity index (χ3v) is 3.41. The highest BCUT2D eigenvalue weighted by atomic mass is 35.5. The molecule has 0 spiro atoms. The average molecular weight is 303 g/mol. The van der Waals surface area contributed by atoms with Crippen LogP contribution in [-0.2, 0) is 10.2 Å². The normalized spacial score (nSPS) is 10.7. The summed E-state index contributed by atoms with van der Waals surface area (Å²) in [4.78, 5) is 0. The summed E-state index contributed by atoms with van der Waals surface area (Å²) in [6.45, 7) is 1.92. The standard InChI is InChI=1S/C12H15ClN2O3S/c1-2-14-19(17,18)15-12-7-6-11(13)9-10(12)5-3-4-8-16/h6-7,9,14-16H,2,4,8H2,1H3. The van der Waals surface area contributed by atoms with E-state index < -0.39 is 10.2 Å². The van der Waals surface area contributed by atoms with E-state index in [1.807, 2.05) is 0 Å². The van der Waals surface area contributed by atoms with Gasteiger partial charge in [-0.15, -0.1) is 0 Å². The minimum absolute atomic E-state index is 0.0496. The van der Waals surface area contributed by atoms with E-state index >= 15 is 0 Å². The van der Waals surface area contributed by atoms with E-state index in [4.69, 9.17) is 16.7 Å². The minimum atomic E-state index is -3.61. The van der Waals surface area contributed by atoms with Crippen LogP contribution in [0.2, 0.25) is 5.02 Å². The molecule has 19 heavy (non-hydrogen) atoms. The number of aliphatic hydroxyl groups is 1. The van der Waals surface area contributed by atoms with Gasteiger partial charge in [-0.1, -0.05) is 30.4 Å². The molecular formula is C12H15ClN2O3S. The SMILES string of the molecule is CCNS(=O)(=O)Nc1ccc(Cl)cc1C#CCCO. The van der Waals surface area contributed by atoms with Crippen LogP contribution in [0.3, 0.4) is 0 Å². The van der Waals surface area contributed by atoms with Crippen LogP contribution < -0.4 is 9.44 Å². The van der Waals surface area contributed by atoms with E-state index in [1.54, 1.807) is 25.1 Å². The topological polar surface area (TPSA) is 78.4 Å². The second kappa shape index (κ2) is 7.36. The smallest absolute Gasteiger partial charge is 0.299 e. The van der Waals surface area contributed by atoms with Crippen molar-refractivity contribution in [3.05, 3.63) is 28.8 Å². The Kier molecular flexibility index (Phi) is 6.12. The Morgan fingerprint density at radius 2 is 2.16 bits per heavy atom. The van der Waals surface area contributed by atoms with Crippen molar-refractivity contribution in [3.63, 3.8) is 0 Å². The fourth-order valence-corrected chi connectivity index (χ4v) is 2.39. The number of anilines is 1. The molecule has 3 N–H and O–H groups in total. The van der Waals surface area contributed by atoms with Crippen molar-refractivity contribution >= 4 is 27.5 Å². The number of aliphatic hydroxyl groups excluding tert-OH is 1. The first kappa shape index (κ1) is 15.8. The summed E-state index contributed by atoms with van der Waals surface area (Å²) in [6, 6.07) is 4.68. The molecule has 104 valence electrons. The predicted molar refractivity (Wildman–Crippen MR) is 76.3 cm³/mol. The summed E-state index contributed by atoms with van der Waals surface area (Å²) in [5, 5.41) is 9.13. The van der Waals surface area contributed by atoms with Crippen LogP contribution in [0.5, 0.6) is 0 Å². The lowest BCUT2D eigenvalue weighted by Gasteiger charge is -2.10. The maximum absolute atomic E-state index is 11.6. The lowest BCUT2D eigenvalue weighted by Crippen LogP contribution is -2.30. The average Bonchev–Trinajstić information content (AvgIpc) is 2.32. The maximum atomic E-state index is 11.6. The molecule has 0 heterocycles. The molecule has 7 heteroatoms. The molecule has 0 aliphatic carbocycles.